The molecular weight excluding hydrogens is 362 g/mol. The zero-order valence-electron chi connectivity index (χ0n) is 15.6. The third kappa shape index (κ3) is 5.89. The molecule has 3 N–H and O–H groups in total. The summed E-state index contributed by atoms with van der Waals surface area (Å²) in [4.78, 5) is 26.6. The molecule has 0 aliphatic carbocycles. The van der Waals surface area contributed by atoms with Gasteiger partial charge in [-0.05, 0) is 31.2 Å². The van der Waals surface area contributed by atoms with Gasteiger partial charge < -0.3 is 15.1 Å². The third-order valence-electron chi connectivity index (χ3n) is 4.97. The molecule has 0 saturated carbocycles. The Labute approximate surface area is 164 Å². The van der Waals surface area contributed by atoms with Gasteiger partial charge in [0.05, 0.1) is 0 Å². The van der Waals surface area contributed by atoms with Crippen molar-refractivity contribution in [3.63, 3.8) is 0 Å². The summed E-state index contributed by atoms with van der Waals surface area (Å²) in [6, 6.07) is 15.1. The fourth-order valence-electron chi connectivity index (χ4n) is 3.49. The topological polar surface area (TPSA) is 55.0 Å². The van der Waals surface area contributed by atoms with Crippen molar-refractivity contribution in [2.45, 2.75) is 13.5 Å². The lowest BCUT2D eigenvalue weighted by Gasteiger charge is -2.29. The van der Waals surface area contributed by atoms with E-state index in [0.29, 0.717) is 17.8 Å². The number of nitrogens with one attached hydrogen (secondary N) is 3. The number of piperazine rings is 1. The van der Waals surface area contributed by atoms with Crippen molar-refractivity contribution in [1.29, 1.82) is 0 Å². The maximum Gasteiger partial charge on any atom is 0.279 e. The van der Waals surface area contributed by atoms with Crippen LogP contribution in [0.25, 0.3) is 0 Å². The second-order valence-corrected chi connectivity index (χ2v) is 7.61. The van der Waals surface area contributed by atoms with Crippen LogP contribution in [0.4, 0.5) is 5.69 Å². The maximum absolute atomic E-state index is 12.3. The van der Waals surface area contributed by atoms with Crippen molar-refractivity contribution in [2.24, 2.45) is 0 Å². The number of Topliss-reactive ketones (excluding diaryl/α,β-unsaturated/α-hetero) is 1. The fourth-order valence-corrected chi connectivity index (χ4v) is 3.71. The van der Waals surface area contributed by atoms with Gasteiger partial charge in [-0.25, -0.2) is 0 Å². The van der Waals surface area contributed by atoms with Crippen molar-refractivity contribution >= 4 is 29.0 Å². The summed E-state index contributed by atoms with van der Waals surface area (Å²) in [6.45, 7) is 6.96. The minimum absolute atomic E-state index is 0.00414. The standard InChI is InChI=1S/C21H24ClN3O2/c1-16(26)18-5-3-7-20(13-18)23-21(27)15-25-10-8-24(9-11-25)14-17-4-2-6-19(22)12-17/h2-7,12-13H,8-11,14-15H2,1H3,(H,23,27)/p+2. The van der Waals surface area contributed by atoms with Crippen LogP contribution < -0.4 is 15.1 Å². The summed E-state index contributed by atoms with van der Waals surface area (Å²) < 4.78 is 0. The van der Waals surface area contributed by atoms with Gasteiger partial charge in [0.25, 0.3) is 5.91 Å². The van der Waals surface area contributed by atoms with Gasteiger partial charge in [0.15, 0.2) is 12.3 Å². The van der Waals surface area contributed by atoms with Crippen LogP contribution in [0.2, 0.25) is 5.02 Å². The average Bonchev–Trinajstić information content (AvgIpc) is 2.63. The summed E-state index contributed by atoms with van der Waals surface area (Å²) in [5.41, 5.74) is 2.54. The average molecular weight is 388 g/mol. The molecule has 1 aliphatic heterocycles. The molecule has 5 nitrogen and oxygen atoms in total. The monoisotopic (exact) mass is 387 g/mol. The van der Waals surface area contributed by atoms with Crippen molar-refractivity contribution in [2.75, 3.05) is 38.0 Å². The second kappa shape index (κ2) is 9.13. The first-order chi connectivity index (χ1) is 13.0. The quantitative estimate of drug-likeness (QED) is 0.631. The van der Waals surface area contributed by atoms with Crippen LogP contribution in [0.3, 0.4) is 0 Å². The number of rotatable bonds is 6. The Balaban J connectivity index is 1.45. The number of quaternary nitrogens is 2. The highest BCUT2D eigenvalue weighted by atomic mass is 35.5. The molecule has 1 saturated heterocycles. The van der Waals surface area contributed by atoms with E-state index < -0.39 is 0 Å². The van der Waals surface area contributed by atoms with Crippen LogP contribution >= 0.6 is 11.6 Å². The number of anilines is 1. The highest BCUT2D eigenvalue weighted by molar-refractivity contribution is 6.30. The van der Waals surface area contributed by atoms with Gasteiger partial charge in [-0.1, -0.05) is 35.9 Å². The van der Waals surface area contributed by atoms with Gasteiger partial charge in [0.2, 0.25) is 0 Å². The Morgan fingerprint density at radius 3 is 2.41 bits per heavy atom. The normalized spacial score (nSPS) is 19.5. The van der Waals surface area contributed by atoms with E-state index in [-0.39, 0.29) is 11.7 Å². The SMILES string of the molecule is CC(=O)c1cccc(NC(=O)C[NH+]2CC[NH+](Cc3cccc(Cl)c3)CC2)c1. The van der Waals surface area contributed by atoms with Crippen LogP contribution in [-0.4, -0.2) is 44.4 Å². The Kier molecular flexibility index (Phi) is 6.61. The molecule has 1 fully saturated rings. The van der Waals surface area contributed by atoms with Crippen LogP contribution in [-0.2, 0) is 11.3 Å². The Morgan fingerprint density at radius 1 is 1.00 bits per heavy atom. The fraction of sp³-hybridized carbons (Fsp3) is 0.333. The zero-order chi connectivity index (χ0) is 19.2. The number of hydrogen-bond acceptors (Lipinski definition) is 2. The molecule has 1 amide bonds. The third-order valence-corrected chi connectivity index (χ3v) is 5.21. The van der Waals surface area contributed by atoms with E-state index in [2.05, 4.69) is 11.4 Å². The number of benzene rings is 2. The van der Waals surface area contributed by atoms with Crippen LogP contribution in [0.15, 0.2) is 48.5 Å². The highest BCUT2D eigenvalue weighted by Gasteiger charge is 2.25. The molecule has 0 spiro atoms. The van der Waals surface area contributed by atoms with Crippen LogP contribution in [0.1, 0.15) is 22.8 Å². The Bertz CT molecular complexity index is 817. The first-order valence-corrected chi connectivity index (χ1v) is 9.70. The minimum Gasteiger partial charge on any atom is -0.322 e. The van der Waals surface area contributed by atoms with E-state index in [4.69, 9.17) is 11.6 Å². The van der Waals surface area contributed by atoms with Gasteiger partial charge in [0, 0.05) is 21.8 Å². The lowest BCUT2D eigenvalue weighted by molar-refractivity contribution is -1.02. The van der Waals surface area contributed by atoms with Gasteiger partial charge in [0.1, 0.15) is 32.7 Å². The predicted molar refractivity (Wildman–Crippen MR) is 106 cm³/mol. The van der Waals surface area contributed by atoms with E-state index >= 15 is 0 Å². The van der Waals surface area contributed by atoms with Crippen LogP contribution in [0, 0.1) is 0 Å². The zero-order valence-corrected chi connectivity index (χ0v) is 16.3. The van der Waals surface area contributed by atoms with Crippen molar-refractivity contribution in [3.05, 3.63) is 64.7 Å². The van der Waals surface area contributed by atoms with E-state index in [0.717, 1.165) is 37.7 Å². The number of amides is 1. The van der Waals surface area contributed by atoms with Crippen molar-refractivity contribution < 1.29 is 19.4 Å². The van der Waals surface area contributed by atoms with E-state index in [1.807, 2.05) is 24.3 Å². The first-order valence-electron chi connectivity index (χ1n) is 9.32. The largest absolute Gasteiger partial charge is 0.322 e. The molecule has 0 bridgehead atoms. The van der Waals surface area contributed by atoms with Crippen molar-refractivity contribution in [3.8, 4) is 0 Å². The smallest absolute Gasteiger partial charge is 0.279 e. The van der Waals surface area contributed by atoms with Gasteiger partial charge >= 0.3 is 0 Å². The lowest BCUT2D eigenvalue weighted by Crippen LogP contribution is -3.28. The molecule has 3 rings (SSSR count). The van der Waals surface area contributed by atoms with Crippen molar-refractivity contribution in [1.82, 2.24) is 0 Å². The molecule has 6 heteroatoms. The van der Waals surface area contributed by atoms with E-state index in [1.54, 1.807) is 18.2 Å². The number of carbonyl (C=O) groups excluding carboxylic acids is 2. The summed E-state index contributed by atoms with van der Waals surface area (Å²) in [7, 11) is 0. The molecule has 0 aromatic heterocycles. The highest BCUT2D eigenvalue weighted by Crippen LogP contribution is 2.11. The molecule has 0 radical (unpaired) electrons. The molecule has 1 aliphatic rings. The molecule has 27 heavy (non-hydrogen) atoms. The first kappa shape index (κ1) is 19.5. The molecule has 142 valence electrons. The molecule has 2 aromatic carbocycles. The molecule has 2 aromatic rings. The van der Waals surface area contributed by atoms with Gasteiger partial charge in [-0.3, -0.25) is 9.59 Å². The number of hydrogen-bond donors (Lipinski definition) is 3. The number of ketones is 1. The molecule has 1 heterocycles. The second-order valence-electron chi connectivity index (χ2n) is 7.17. The lowest BCUT2D eigenvalue weighted by atomic mass is 10.1. The molecular formula is C21H26ClN3O2+2. The van der Waals surface area contributed by atoms with Gasteiger partial charge in [-0.2, -0.15) is 0 Å². The van der Waals surface area contributed by atoms with E-state index in [9.17, 15) is 9.59 Å². The Morgan fingerprint density at radius 2 is 1.70 bits per heavy atom. The summed E-state index contributed by atoms with van der Waals surface area (Å²) in [5.74, 6) is -0.0143. The maximum atomic E-state index is 12.3. The molecule has 0 atom stereocenters. The minimum atomic E-state index is -0.0102. The Hall–Kier alpha value is -2.21. The predicted octanol–water partition coefficient (Wildman–Crippen LogP) is 0.465. The number of halogens is 1. The summed E-state index contributed by atoms with van der Waals surface area (Å²) in [5, 5.41) is 3.69. The molecule has 0 unspecified atom stereocenters. The summed E-state index contributed by atoms with van der Waals surface area (Å²) >= 11 is 6.06. The van der Waals surface area contributed by atoms with E-state index in [1.165, 1.54) is 22.3 Å². The van der Waals surface area contributed by atoms with Gasteiger partial charge in [-0.15, -0.1) is 0 Å². The summed E-state index contributed by atoms with van der Waals surface area (Å²) in [6.07, 6.45) is 0. The number of carbonyl (C=O) groups is 2. The van der Waals surface area contributed by atoms with Crippen LogP contribution in [0.5, 0.6) is 0 Å².